The van der Waals surface area contributed by atoms with E-state index in [0.717, 1.165) is 64.0 Å². The molecule has 206 valence electrons. The molecule has 9 rings (SSSR count). The molecule has 0 bridgehead atoms. The van der Waals surface area contributed by atoms with Crippen molar-refractivity contribution in [3.8, 4) is 6.07 Å². The fourth-order valence-electron chi connectivity index (χ4n) is 8.16. The van der Waals surface area contributed by atoms with E-state index in [9.17, 15) is 5.26 Å². The number of furan rings is 1. The molecule has 6 aromatic rings. The Morgan fingerprint density at radius 2 is 1.58 bits per heavy atom. The molecule has 3 aliphatic carbocycles. The van der Waals surface area contributed by atoms with Crippen molar-refractivity contribution >= 4 is 50.1 Å². The van der Waals surface area contributed by atoms with E-state index >= 15 is 0 Å². The number of aromatic nitrogens is 1. The highest BCUT2D eigenvalue weighted by molar-refractivity contribution is 6.15. The Morgan fingerprint density at radius 3 is 2.35 bits per heavy atom. The Morgan fingerprint density at radius 1 is 0.860 bits per heavy atom. The first kappa shape index (κ1) is 24.5. The maximum atomic E-state index is 10.4. The molecule has 3 aliphatic rings. The monoisotopic (exact) mass is 554 g/mol. The minimum absolute atomic E-state index is 0.00824. The van der Waals surface area contributed by atoms with Gasteiger partial charge in [-0.3, -0.25) is 0 Å². The number of rotatable bonds is 2. The van der Waals surface area contributed by atoms with Crippen molar-refractivity contribution in [2.45, 2.75) is 44.4 Å². The van der Waals surface area contributed by atoms with Gasteiger partial charge in [0.25, 0.3) is 0 Å². The number of benzene rings is 4. The lowest BCUT2D eigenvalue weighted by molar-refractivity contribution is 0.570. The highest BCUT2D eigenvalue weighted by Gasteiger charge is 2.44. The van der Waals surface area contributed by atoms with Gasteiger partial charge in [-0.2, -0.15) is 5.26 Å². The molecule has 43 heavy (non-hydrogen) atoms. The summed E-state index contributed by atoms with van der Waals surface area (Å²) in [6.07, 6.45) is 7.17. The smallest absolute Gasteiger partial charge is 0.135 e. The van der Waals surface area contributed by atoms with Crippen molar-refractivity contribution < 1.29 is 4.42 Å². The van der Waals surface area contributed by atoms with Crippen LogP contribution in [0.15, 0.2) is 113 Å². The standard InChI is InChI=1S/C40H30N2O/c1-40(2)33-15-6-3-11-27(33)30-21-32-31-20-24(18-19-37(31)43-38(32)22-34(30)40)26-14-9-10-25(23-41)39(26)42-35-16-7-4-12-28(35)29-13-5-8-17-36(29)42/h3-8,11-20,22,30H,9-10,21H2,1-2H3. The summed E-state index contributed by atoms with van der Waals surface area (Å²) in [5.41, 5.74) is 12.9. The molecule has 0 N–H and O–H groups in total. The second kappa shape index (κ2) is 8.72. The molecule has 0 saturated heterocycles. The van der Waals surface area contributed by atoms with Crippen molar-refractivity contribution in [3.63, 3.8) is 0 Å². The van der Waals surface area contributed by atoms with Gasteiger partial charge in [0, 0.05) is 38.6 Å². The molecule has 3 nitrogen and oxygen atoms in total. The van der Waals surface area contributed by atoms with Gasteiger partial charge in [-0.1, -0.05) is 86.7 Å². The molecule has 2 aromatic heterocycles. The molecule has 0 saturated carbocycles. The topological polar surface area (TPSA) is 41.9 Å². The largest absolute Gasteiger partial charge is 0.456 e. The average molecular weight is 555 g/mol. The van der Waals surface area contributed by atoms with E-state index in [0.29, 0.717) is 5.92 Å². The highest BCUT2D eigenvalue weighted by Crippen LogP contribution is 2.55. The van der Waals surface area contributed by atoms with Gasteiger partial charge < -0.3 is 8.98 Å². The third kappa shape index (κ3) is 3.30. The molecule has 0 aliphatic heterocycles. The van der Waals surface area contributed by atoms with Gasteiger partial charge >= 0.3 is 0 Å². The number of hydrogen-bond donors (Lipinski definition) is 0. The minimum atomic E-state index is -0.00824. The van der Waals surface area contributed by atoms with Crippen LogP contribution in [0.3, 0.4) is 0 Å². The molecular weight excluding hydrogens is 524 g/mol. The van der Waals surface area contributed by atoms with Gasteiger partial charge in [0.05, 0.1) is 28.4 Å². The molecule has 0 radical (unpaired) electrons. The fraction of sp³-hybridized carbons (Fsp3) is 0.175. The van der Waals surface area contributed by atoms with E-state index in [1.807, 2.05) is 0 Å². The predicted octanol–water partition coefficient (Wildman–Crippen LogP) is 10.2. The number of allylic oxidation sites excluding steroid dienone is 5. The van der Waals surface area contributed by atoms with Crippen LogP contribution in [-0.4, -0.2) is 4.57 Å². The number of hydrogen-bond acceptors (Lipinski definition) is 2. The van der Waals surface area contributed by atoms with E-state index in [1.165, 1.54) is 38.4 Å². The Labute approximate surface area is 250 Å². The molecule has 4 aromatic carbocycles. The summed E-state index contributed by atoms with van der Waals surface area (Å²) in [6, 6.07) is 35.2. The maximum absolute atomic E-state index is 10.4. The van der Waals surface area contributed by atoms with Crippen molar-refractivity contribution in [1.82, 2.24) is 4.57 Å². The second-order valence-corrected chi connectivity index (χ2v) is 12.7. The van der Waals surface area contributed by atoms with E-state index in [1.54, 1.807) is 0 Å². The zero-order chi connectivity index (χ0) is 28.9. The van der Waals surface area contributed by atoms with Crippen LogP contribution in [0.4, 0.5) is 0 Å². The van der Waals surface area contributed by atoms with Crippen molar-refractivity contribution in [2.24, 2.45) is 0 Å². The number of para-hydroxylation sites is 2. The predicted molar refractivity (Wildman–Crippen MR) is 176 cm³/mol. The van der Waals surface area contributed by atoms with Crippen LogP contribution >= 0.6 is 0 Å². The summed E-state index contributed by atoms with van der Waals surface area (Å²) in [6.45, 7) is 4.68. The van der Waals surface area contributed by atoms with Crippen LogP contribution in [0, 0.1) is 11.3 Å². The summed E-state index contributed by atoms with van der Waals surface area (Å²) in [5, 5.41) is 14.0. The van der Waals surface area contributed by atoms with Crippen LogP contribution in [0.1, 0.15) is 60.6 Å². The van der Waals surface area contributed by atoms with E-state index in [-0.39, 0.29) is 5.41 Å². The van der Waals surface area contributed by atoms with Crippen molar-refractivity contribution in [1.29, 1.82) is 5.26 Å². The van der Waals surface area contributed by atoms with Gasteiger partial charge in [-0.25, -0.2) is 0 Å². The van der Waals surface area contributed by atoms with Crippen molar-refractivity contribution in [2.75, 3.05) is 0 Å². The van der Waals surface area contributed by atoms with Gasteiger partial charge in [-0.05, 0) is 71.9 Å². The van der Waals surface area contributed by atoms with Crippen molar-refractivity contribution in [3.05, 3.63) is 136 Å². The van der Waals surface area contributed by atoms with Gasteiger partial charge in [0.1, 0.15) is 11.3 Å². The SMILES string of the molecule is CC1(C)C2=Cc3oc4ccc(C5=CCCC(C#N)=C5n5c6ccccc6c6ccccc65)cc4c3CC2c2ccccc21. The number of nitrogens with zero attached hydrogens (tertiary/aromatic N) is 2. The third-order valence-electron chi connectivity index (χ3n) is 10.2. The number of nitriles is 1. The van der Waals surface area contributed by atoms with Gasteiger partial charge in [0.15, 0.2) is 0 Å². The molecule has 1 atom stereocenters. The Kier molecular flexibility index (Phi) is 4.97. The average Bonchev–Trinajstić information content (AvgIpc) is 3.65. The lowest BCUT2D eigenvalue weighted by atomic mass is 9.76. The molecule has 3 heteroatoms. The van der Waals surface area contributed by atoms with Crippen LogP contribution in [0.5, 0.6) is 0 Å². The zero-order valence-electron chi connectivity index (χ0n) is 24.3. The molecule has 0 spiro atoms. The van der Waals surface area contributed by atoms with E-state index in [2.05, 4.69) is 128 Å². The molecular formula is C40H30N2O. The minimum Gasteiger partial charge on any atom is -0.456 e. The Bertz CT molecular complexity index is 2260. The first-order valence-corrected chi connectivity index (χ1v) is 15.2. The normalized spacial score (nSPS) is 18.8. The first-order chi connectivity index (χ1) is 21.0. The van der Waals surface area contributed by atoms with E-state index in [4.69, 9.17) is 4.42 Å². The summed E-state index contributed by atoms with van der Waals surface area (Å²) >= 11 is 0. The summed E-state index contributed by atoms with van der Waals surface area (Å²) in [4.78, 5) is 0. The first-order valence-electron chi connectivity index (χ1n) is 15.2. The fourth-order valence-corrected chi connectivity index (χ4v) is 8.16. The van der Waals surface area contributed by atoms with Crippen LogP contribution in [0.25, 0.3) is 50.1 Å². The maximum Gasteiger partial charge on any atom is 0.135 e. The van der Waals surface area contributed by atoms with Crippen LogP contribution in [0.2, 0.25) is 0 Å². The van der Waals surface area contributed by atoms with Crippen LogP contribution < -0.4 is 0 Å². The van der Waals surface area contributed by atoms with E-state index < -0.39 is 0 Å². The van der Waals surface area contributed by atoms with Gasteiger partial charge in [0.2, 0.25) is 0 Å². The summed E-state index contributed by atoms with van der Waals surface area (Å²) in [7, 11) is 0. The summed E-state index contributed by atoms with van der Waals surface area (Å²) in [5.74, 6) is 1.36. The third-order valence-corrected chi connectivity index (χ3v) is 10.2. The Balaban J connectivity index is 1.23. The lowest BCUT2D eigenvalue weighted by Crippen LogP contribution is -2.18. The molecule has 0 fully saturated rings. The zero-order valence-corrected chi connectivity index (χ0v) is 24.3. The molecule has 1 unspecified atom stereocenters. The quantitative estimate of drug-likeness (QED) is 0.214. The lowest BCUT2D eigenvalue weighted by Gasteiger charge is -2.26. The molecule has 2 heterocycles. The Hall–Kier alpha value is -5.07. The van der Waals surface area contributed by atoms with Crippen LogP contribution in [-0.2, 0) is 11.8 Å². The molecule has 0 amide bonds. The number of fused-ring (bicyclic) bond motifs is 9. The second-order valence-electron chi connectivity index (χ2n) is 12.7. The van der Waals surface area contributed by atoms with Gasteiger partial charge in [-0.15, -0.1) is 0 Å². The highest BCUT2D eigenvalue weighted by atomic mass is 16.3. The summed E-state index contributed by atoms with van der Waals surface area (Å²) < 4.78 is 8.84.